The summed E-state index contributed by atoms with van der Waals surface area (Å²) in [5.41, 5.74) is 6.46. The fraction of sp³-hybridized carbons (Fsp3) is 0.154. The van der Waals surface area contributed by atoms with Gasteiger partial charge in [0.15, 0.2) is 9.84 Å². The van der Waals surface area contributed by atoms with Crippen LogP contribution in [0, 0.1) is 0 Å². The molecule has 4 nitrogen and oxygen atoms in total. The molecule has 1 heterocycles. The molecule has 1 atom stereocenters. The van der Waals surface area contributed by atoms with Crippen LogP contribution in [0.15, 0.2) is 59.6 Å². The predicted octanol–water partition coefficient (Wildman–Crippen LogP) is 1.56. The number of hydrogen-bond acceptors (Lipinski definition) is 4. The summed E-state index contributed by atoms with van der Waals surface area (Å²) in [7, 11) is -3.37. The molecule has 0 saturated carbocycles. The summed E-state index contributed by atoms with van der Waals surface area (Å²) in [4.78, 5) is 4.36. The molecule has 2 rings (SSSR count). The lowest BCUT2D eigenvalue weighted by molar-refractivity contribution is 0.587. The first-order valence-electron chi connectivity index (χ1n) is 5.54. The van der Waals surface area contributed by atoms with Gasteiger partial charge in [-0.05, 0) is 24.3 Å². The first-order valence-corrected chi connectivity index (χ1v) is 7.19. The lowest BCUT2D eigenvalue weighted by Crippen LogP contribution is -2.22. The van der Waals surface area contributed by atoms with E-state index >= 15 is 0 Å². The summed E-state index contributed by atoms with van der Waals surface area (Å²) in [6.45, 7) is 0. The molecule has 0 aliphatic heterocycles. The van der Waals surface area contributed by atoms with E-state index in [2.05, 4.69) is 4.98 Å². The van der Waals surface area contributed by atoms with Crippen molar-refractivity contribution in [3.63, 3.8) is 0 Å². The third kappa shape index (κ3) is 2.94. The topological polar surface area (TPSA) is 73.1 Å². The average molecular weight is 262 g/mol. The van der Waals surface area contributed by atoms with Crippen LogP contribution in [0.4, 0.5) is 0 Å². The Labute approximate surface area is 106 Å². The minimum atomic E-state index is -3.37. The lowest BCUT2D eigenvalue weighted by Gasteiger charge is -2.11. The summed E-state index contributed by atoms with van der Waals surface area (Å²) < 4.78 is 24.2. The Hall–Kier alpha value is -1.72. The molecule has 2 aromatic rings. The number of aromatic nitrogens is 1. The molecule has 0 fully saturated rings. The largest absolute Gasteiger partial charge is 0.322 e. The van der Waals surface area contributed by atoms with E-state index in [-0.39, 0.29) is 10.6 Å². The highest BCUT2D eigenvalue weighted by Gasteiger charge is 2.20. The Morgan fingerprint density at radius 2 is 1.72 bits per heavy atom. The van der Waals surface area contributed by atoms with Gasteiger partial charge in [0.1, 0.15) is 0 Å². The molecule has 0 radical (unpaired) electrons. The molecule has 0 saturated heterocycles. The van der Waals surface area contributed by atoms with Crippen LogP contribution in [0.3, 0.4) is 0 Å². The molecular weight excluding hydrogens is 248 g/mol. The van der Waals surface area contributed by atoms with Gasteiger partial charge < -0.3 is 5.73 Å². The molecule has 1 unspecified atom stereocenters. The maximum absolute atomic E-state index is 12.1. The van der Waals surface area contributed by atoms with Crippen LogP contribution in [0.25, 0.3) is 0 Å². The standard InChI is InChI=1S/C13H14N2O2S/c14-12(13-8-4-5-9-15-13)10-18(16,17)11-6-2-1-3-7-11/h1-9,12H,10,14H2. The van der Waals surface area contributed by atoms with Crippen molar-refractivity contribution < 1.29 is 8.42 Å². The number of nitrogens with two attached hydrogens (primary N) is 1. The van der Waals surface area contributed by atoms with E-state index in [0.717, 1.165) is 0 Å². The number of sulfone groups is 1. The molecule has 0 aliphatic carbocycles. The van der Waals surface area contributed by atoms with E-state index in [4.69, 9.17) is 5.73 Å². The van der Waals surface area contributed by atoms with Gasteiger partial charge in [0.2, 0.25) is 0 Å². The number of nitrogens with zero attached hydrogens (tertiary/aromatic N) is 1. The van der Waals surface area contributed by atoms with E-state index in [0.29, 0.717) is 5.69 Å². The normalized spacial score (nSPS) is 13.2. The Morgan fingerprint density at radius 1 is 1.06 bits per heavy atom. The Morgan fingerprint density at radius 3 is 2.33 bits per heavy atom. The number of benzene rings is 1. The van der Waals surface area contributed by atoms with Crippen LogP contribution in [-0.2, 0) is 9.84 Å². The summed E-state index contributed by atoms with van der Waals surface area (Å²) in [6.07, 6.45) is 1.60. The van der Waals surface area contributed by atoms with E-state index in [1.165, 1.54) is 0 Å². The number of pyridine rings is 1. The average Bonchev–Trinajstić information content (AvgIpc) is 2.40. The fourth-order valence-corrected chi connectivity index (χ4v) is 3.05. The van der Waals surface area contributed by atoms with Crippen molar-refractivity contribution in [3.8, 4) is 0 Å². The molecule has 94 valence electrons. The first kappa shape index (κ1) is 12.7. The van der Waals surface area contributed by atoms with Crippen LogP contribution in [0.1, 0.15) is 11.7 Å². The van der Waals surface area contributed by atoms with Crippen molar-refractivity contribution in [3.05, 3.63) is 60.4 Å². The van der Waals surface area contributed by atoms with Gasteiger partial charge in [0.05, 0.1) is 22.4 Å². The SMILES string of the molecule is NC(CS(=O)(=O)c1ccccc1)c1ccccn1. The smallest absolute Gasteiger partial charge is 0.180 e. The predicted molar refractivity (Wildman–Crippen MR) is 69.7 cm³/mol. The van der Waals surface area contributed by atoms with Gasteiger partial charge in [-0.15, -0.1) is 0 Å². The van der Waals surface area contributed by atoms with Gasteiger partial charge in [-0.2, -0.15) is 0 Å². The van der Waals surface area contributed by atoms with E-state index in [1.807, 2.05) is 0 Å². The van der Waals surface area contributed by atoms with Gasteiger partial charge in [-0.25, -0.2) is 8.42 Å². The molecular formula is C13H14N2O2S. The molecule has 18 heavy (non-hydrogen) atoms. The third-order valence-corrected chi connectivity index (χ3v) is 4.36. The van der Waals surface area contributed by atoms with Crippen molar-refractivity contribution in [2.24, 2.45) is 5.73 Å². The van der Waals surface area contributed by atoms with Gasteiger partial charge in [-0.1, -0.05) is 24.3 Å². The number of rotatable bonds is 4. The van der Waals surface area contributed by atoms with Gasteiger partial charge in [-0.3, -0.25) is 4.98 Å². The van der Waals surface area contributed by atoms with Crippen molar-refractivity contribution in [1.29, 1.82) is 0 Å². The van der Waals surface area contributed by atoms with Crippen molar-refractivity contribution in [2.75, 3.05) is 5.75 Å². The number of hydrogen-bond donors (Lipinski definition) is 1. The van der Waals surface area contributed by atoms with Crippen LogP contribution >= 0.6 is 0 Å². The quantitative estimate of drug-likeness (QED) is 0.907. The monoisotopic (exact) mass is 262 g/mol. The van der Waals surface area contributed by atoms with Gasteiger partial charge in [0.25, 0.3) is 0 Å². The maximum Gasteiger partial charge on any atom is 0.180 e. The summed E-state index contributed by atoms with van der Waals surface area (Å²) in [5, 5.41) is 0. The second kappa shape index (κ2) is 5.29. The van der Waals surface area contributed by atoms with Crippen LogP contribution in [-0.4, -0.2) is 19.2 Å². The van der Waals surface area contributed by atoms with Crippen molar-refractivity contribution in [1.82, 2.24) is 4.98 Å². The third-order valence-electron chi connectivity index (χ3n) is 2.57. The molecule has 1 aromatic heterocycles. The van der Waals surface area contributed by atoms with Gasteiger partial charge >= 0.3 is 0 Å². The fourth-order valence-electron chi connectivity index (χ4n) is 1.64. The maximum atomic E-state index is 12.1. The summed E-state index contributed by atoms with van der Waals surface area (Å²) in [5.74, 6) is -0.145. The molecule has 0 bridgehead atoms. The minimum Gasteiger partial charge on any atom is -0.322 e. The van der Waals surface area contributed by atoms with E-state index in [1.54, 1.807) is 54.7 Å². The Balaban J connectivity index is 2.20. The highest BCUT2D eigenvalue weighted by atomic mass is 32.2. The highest BCUT2D eigenvalue weighted by molar-refractivity contribution is 7.91. The zero-order chi connectivity index (χ0) is 13.0. The Kier molecular flexibility index (Phi) is 3.74. The second-order valence-electron chi connectivity index (χ2n) is 3.96. The molecule has 2 N–H and O–H groups in total. The van der Waals surface area contributed by atoms with Crippen LogP contribution in [0.2, 0.25) is 0 Å². The van der Waals surface area contributed by atoms with Crippen LogP contribution < -0.4 is 5.73 Å². The lowest BCUT2D eigenvalue weighted by atomic mass is 10.2. The zero-order valence-corrected chi connectivity index (χ0v) is 10.5. The van der Waals surface area contributed by atoms with Gasteiger partial charge in [0, 0.05) is 6.20 Å². The first-order chi connectivity index (χ1) is 8.59. The highest BCUT2D eigenvalue weighted by Crippen LogP contribution is 2.16. The minimum absolute atomic E-state index is 0.145. The molecule has 5 heteroatoms. The molecule has 1 aromatic carbocycles. The summed E-state index contributed by atoms with van der Waals surface area (Å²) >= 11 is 0. The van der Waals surface area contributed by atoms with Crippen LogP contribution in [0.5, 0.6) is 0 Å². The van der Waals surface area contributed by atoms with Crippen molar-refractivity contribution in [2.45, 2.75) is 10.9 Å². The van der Waals surface area contributed by atoms with E-state index in [9.17, 15) is 8.42 Å². The zero-order valence-electron chi connectivity index (χ0n) is 9.73. The second-order valence-corrected chi connectivity index (χ2v) is 5.99. The summed E-state index contributed by atoms with van der Waals surface area (Å²) in [6, 6.07) is 13.0. The molecule has 0 spiro atoms. The van der Waals surface area contributed by atoms with E-state index < -0.39 is 15.9 Å². The molecule has 0 aliphatic rings. The van der Waals surface area contributed by atoms with Crippen molar-refractivity contribution >= 4 is 9.84 Å². The Bertz CT molecular complexity index is 597. The molecule has 0 amide bonds.